The van der Waals surface area contributed by atoms with Crippen molar-refractivity contribution < 1.29 is 22.6 Å². The standard InChI is InChI=1S/C17H22F3N3O2.HI/c1-21-16(23-14-8-12-5-6-15(14)25-12)22-9-10-3-4-11(24-2)7-13(10)17(18,19)20;/h3-4,7,12,14-15H,5-6,8-9H2,1-2H3,(H2,21,22,23);1H. The van der Waals surface area contributed by atoms with Crippen molar-refractivity contribution in [3.05, 3.63) is 29.3 Å². The fourth-order valence-electron chi connectivity index (χ4n) is 3.44. The second-order valence-corrected chi connectivity index (χ2v) is 6.31. The van der Waals surface area contributed by atoms with Gasteiger partial charge in [-0.15, -0.1) is 24.0 Å². The molecule has 0 aliphatic carbocycles. The Labute approximate surface area is 167 Å². The summed E-state index contributed by atoms with van der Waals surface area (Å²) in [7, 11) is 2.94. The van der Waals surface area contributed by atoms with Crippen molar-refractivity contribution in [3.8, 4) is 5.75 Å². The van der Waals surface area contributed by atoms with E-state index >= 15 is 0 Å². The van der Waals surface area contributed by atoms with Crippen LogP contribution < -0.4 is 15.4 Å². The molecule has 146 valence electrons. The normalized spacial score (nSPS) is 25.0. The molecule has 3 unspecified atom stereocenters. The van der Waals surface area contributed by atoms with Crippen molar-refractivity contribution >= 4 is 29.9 Å². The summed E-state index contributed by atoms with van der Waals surface area (Å²) in [6.45, 7) is 0.0141. The molecule has 2 bridgehead atoms. The van der Waals surface area contributed by atoms with E-state index in [4.69, 9.17) is 9.47 Å². The molecule has 2 N–H and O–H groups in total. The van der Waals surface area contributed by atoms with Crippen LogP contribution in [0.3, 0.4) is 0 Å². The summed E-state index contributed by atoms with van der Waals surface area (Å²) < 4.78 is 50.4. The van der Waals surface area contributed by atoms with Gasteiger partial charge in [0.25, 0.3) is 0 Å². The molecule has 3 atom stereocenters. The van der Waals surface area contributed by atoms with E-state index in [2.05, 4.69) is 15.6 Å². The number of ether oxygens (including phenoxy) is 2. The number of rotatable bonds is 4. The molecule has 2 heterocycles. The van der Waals surface area contributed by atoms with E-state index in [1.807, 2.05) is 0 Å². The molecule has 1 aromatic rings. The summed E-state index contributed by atoms with van der Waals surface area (Å²) in [6, 6.07) is 4.11. The van der Waals surface area contributed by atoms with Crippen LogP contribution >= 0.6 is 24.0 Å². The topological polar surface area (TPSA) is 54.9 Å². The van der Waals surface area contributed by atoms with E-state index in [0.29, 0.717) is 12.1 Å². The lowest BCUT2D eigenvalue weighted by Gasteiger charge is -2.23. The van der Waals surface area contributed by atoms with Gasteiger partial charge < -0.3 is 20.1 Å². The number of alkyl halides is 3. The third-order valence-electron chi connectivity index (χ3n) is 4.72. The summed E-state index contributed by atoms with van der Waals surface area (Å²) >= 11 is 0. The van der Waals surface area contributed by atoms with Gasteiger partial charge in [-0.1, -0.05) is 6.07 Å². The molecule has 2 fully saturated rings. The van der Waals surface area contributed by atoms with Crippen LogP contribution in [0.25, 0.3) is 0 Å². The van der Waals surface area contributed by atoms with Gasteiger partial charge in [0.2, 0.25) is 0 Å². The van der Waals surface area contributed by atoms with Crippen LogP contribution in [0.1, 0.15) is 30.4 Å². The highest BCUT2D eigenvalue weighted by Crippen LogP contribution is 2.35. The molecule has 2 aliphatic rings. The Morgan fingerprint density at radius 2 is 2.12 bits per heavy atom. The molecule has 0 radical (unpaired) electrons. The highest BCUT2D eigenvalue weighted by molar-refractivity contribution is 14.0. The Hall–Kier alpha value is -1.23. The van der Waals surface area contributed by atoms with Gasteiger partial charge in [-0.2, -0.15) is 13.2 Å². The van der Waals surface area contributed by atoms with Crippen molar-refractivity contribution in [2.45, 2.75) is 50.2 Å². The summed E-state index contributed by atoms with van der Waals surface area (Å²) in [6.07, 6.45) is -0.997. The van der Waals surface area contributed by atoms with Gasteiger partial charge in [0.15, 0.2) is 5.96 Å². The van der Waals surface area contributed by atoms with Crippen LogP contribution in [0.2, 0.25) is 0 Å². The van der Waals surface area contributed by atoms with Crippen molar-refractivity contribution in [3.63, 3.8) is 0 Å². The van der Waals surface area contributed by atoms with Gasteiger partial charge >= 0.3 is 6.18 Å². The average Bonchev–Trinajstić information content (AvgIpc) is 3.20. The SMILES string of the molecule is CN=C(NCc1ccc(OC)cc1C(F)(F)F)NC1CC2CCC1O2.I. The van der Waals surface area contributed by atoms with E-state index in [1.165, 1.54) is 19.2 Å². The first-order valence-corrected chi connectivity index (χ1v) is 8.27. The predicted molar refractivity (Wildman–Crippen MR) is 103 cm³/mol. The average molecular weight is 485 g/mol. The smallest absolute Gasteiger partial charge is 0.416 e. The molecular weight excluding hydrogens is 462 g/mol. The zero-order valence-corrected chi connectivity index (χ0v) is 16.9. The van der Waals surface area contributed by atoms with Crippen LogP contribution in [0.4, 0.5) is 13.2 Å². The Morgan fingerprint density at radius 3 is 2.65 bits per heavy atom. The number of guanidine groups is 1. The molecule has 5 nitrogen and oxygen atoms in total. The third kappa shape index (κ3) is 4.73. The first kappa shape index (κ1) is 21.1. The molecule has 2 aliphatic heterocycles. The van der Waals surface area contributed by atoms with Crippen molar-refractivity contribution in [2.75, 3.05) is 14.2 Å². The summed E-state index contributed by atoms with van der Waals surface area (Å²) in [4.78, 5) is 4.11. The first-order chi connectivity index (χ1) is 11.9. The first-order valence-electron chi connectivity index (χ1n) is 8.27. The highest BCUT2D eigenvalue weighted by atomic mass is 127. The maximum absolute atomic E-state index is 13.3. The van der Waals surface area contributed by atoms with Crippen LogP contribution in [-0.4, -0.2) is 38.4 Å². The van der Waals surface area contributed by atoms with E-state index < -0.39 is 11.7 Å². The van der Waals surface area contributed by atoms with Gasteiger partial charge in [-0.25, -0.2) is 0 Å². The molecule has 2 saturated heterocycles. The molecule has 0 saturated carbocycles. The second kappa shape index (κ2) is 8.64. The molecule has 26 heavy (non-hydrogen) atoms. The number of halogens is 4. The molecule has 0 aromatic heterocycles. The number of hydrogen-bond acceptors (Lipinski definition) is 3. The third-order valence-corrected chi connectivity index (χ3v) is 4.72. The van der Waals surface area contributed by atoms with E-state index in [9.17, 15) is 13.2 Å². The van der Waals surface area contributed by atoms with Crippen molar-refractivity contribution in [2.24, 2.45) is 4.99 Å². The molecule has 0 amide bonds. The summed E-state index contributed by atoms with van der Waals surface area (Å²) in [5.41, 5.74) is -0.571. The zero-order valence-electron chi connectivity index (χ0n) is 14.6. The fourth-order valence-corrected chi connectivity index (χ4v) is 3.44. The van der Waals surface area contributed by atoms with Crippen LogP contribution in [0.5, 0.6) is 5.75 Å². The van der Waals surface area contributed by atoms with Gasteiger partial charge in [0, 0.05) is 13.6 Å². The molecule has 0 spiro atoms. The van der Waals surface area contributed by atoms with Crippen LogP contribution in [0, 0.1) is 0 Å². The van der Waals surface area contributed by atoms with E-state index in [0.717, 1.165) is 25.3 Å². The lowest BCUT2D eigenvalue weighted by atomic mass is 9.96. The zero-order chi connectivity index (χ0) is 18.0. The monoisotopic (exact) mass is 485 g/mol. The minimum absolute atomic E-state index is 0. The van der Waals surface area contributed by atoms with Crippen LogP contribution in [0.15, 0.2) is 23.2 Å². The summed E-state index contributed by atoms with van der Waals surface area (Å²) in [5, 5.41) is 6.22. The van der Waals surface area contributed by atoms with E-state index in [-0.39, 0.29) is 54.0 Å². The Bertz CT molecular complexity index is 655. The maximum atomic E-state index is 13.3. The van der Waals surface area contributed by atoms with Crippen molar-refractivity contribution in [1.82, 2.24) is 10.6 Å². The molecular formula is C17H23F3IN3O2. The Kier molecular flexibility index (Phi) is 7.00. The summed E-state index contributed by atoms with van der Waals surface area (Å²) in [5.74, 6) is 0.655. The maximum Gasteiger partial charge on any atom is 0.416 e. The van der Waals surface area contributed by atoms with Crippen LogP contribution in [-0.2, 0) is 17.5 Å². The van der Waals surface area contributed by atoms with E-state index in [1.54, 1.807) is 7.05 Å². The fraction of sp³-hybridized carbons (Fsp3) is 0.588. The van der Waals surface area contributed by atoms with Gasteiger partial charge in [-0.05, 0) is 37.0 Å². The minimum atomic E-state index is -4.44. The van der Waals surface area contributed by atoms with Gasteiger partial charge in [-0.3, -0.25) is 4.99 Å². The molecule has 1 aromatic carbocycles. The predicted octanol–water partition coefficient (Wildman–Crippen LogP) is 3.32. The number of hydrogen-bond donors (Lipinski definition) is 2. The number of nitrogens with one attached hydrogen (secondary N) is 2. The number of nitrogens with zero attached hydrogens (tertiary/aromatic N) is 1. The Morgan fingerprint density at radius 1 is 1.35 bits per heavy atom. The lowest BCUT2D eigenvalue weighted by Crippen LogP contribution is -2.47. The number of fused-ring (bicyclic) bond motifs is 2. The minimum Gasteiger partial charge on any atom is -0.497 e. The quantitative estimate of drug-likeness (QED) is 0.391. The second-order valence-electron chi connectivity index (χ2n) is 6.31. The van der Waals surface area contributed by atoms with Crippen molar-refractivity contribution in [1.29, 1.82) is 0 Å². The molecule has 9 heteroatoms. The molecule has 3 rings (SSSR count). The number of methoxy groups -OCH3 is 1. The number of benzene rings is 1. The van der Waals surface area contributed by atoms with Gasteiger partial charge in [0.1, 0.15) is 5.75 Å². The largest absolute Gasteiger partial charge is 0.497 e. The Balaban J connectivity index is 0.00000243. The number of aliphatic imine (C=N–C) groups is 1. The van der Waals surface area contributed by atoms with Gasteiger partial charge in [0.05, 0.1) is 30.9 Å². The highest BCUT2D eigenvalue weighted by Gasteiger charge is 2.41. The lowest BCUT2D eigenvalue weighted by molar-refractivity contribution is -0.138.